The molecule has 2 amide bonds. The number of benzene rings is 2. The molecule has 3 N–H and O–H groups in total. The summed E-state index contributed by atoms with van der Waals surface area (Å²) in [5, 5.41) is 8.91. The van der Waals surface area contributed by atoms with Crippen LogP contribution in [0.4, 0.5) is 5.69 Å². The fourth-order valence-electron chi connectivity index (χ4n) is 3.29. The van der Waals surface area contributed by atoms with Crippen LogP contribution in [-0.4, -0.2) is 37.0 Å². The van der Waals surface area contributed by atoms with E-state index in [1.807, 2.05) is 44.2 Å². The highest BCUT2D eigenvalue weighted by Gasteiger charge is 2.16. The SMILES string of the molecule is CC(=O)NCc1ccc(C(=O)NC(=NC[C@H]2CCCO2)Nc2cccc(C)c2C)cc1. The summed E-state index contributed by atoms with van der Waals surface area (Å²) >= 11 is 0. The highest BCUT2D eigenvalue weighted by molar-refractivity contribution is 6.10. The van der Waals surface area contributed by atoms with Crippen LogP contribution in [-0.2, 0) is 16.1 Å². The lowest BCUT2D eigenvalue weighted by atomic mass is 10.1. The van der Waals surface area contributed by atoms with Gasteiger partial charge >= 0.3 is 0 Å². The number of carbonyl (C=O) groups is 2. The van der Waals surface area contributed by atoms with Crippen molar-refractivity contribution in [1.29, 1.82) is 0 Å². The van der Waals surface area contributed by atoms with Crippen LogP contribution in [0.15, 0.2) is 47.5 Å². The van der Waals surface area contributed by atoms with Gasteiger partial charge in [0.05, 0.1) is 12.6 Å². The van der Waals surface area contributed by atoms with Crippen molar-refractivity contribution < 1.29 is 14.3 Å². The number of amides is 2. The van der Waals surface area contributed by atoms with Crippen molar-refractivity contribution in [3.8, 4) is 0 Å². The van der Waals surface area contributed by atoms with Crippen LogP contribution in [0.1, 0.15) is 46.8 Å². The first-order valence-corrected chi connectivity index (χ1v) is 10.6. The third-order valence-corrected chi connectivity index (χ3v) is 5.32. The number of anilines is 1. The molecule has 0 bridgehead atoms. The maximum atomic E-state index is 12.8. The molecule has 7 heteroatoms. The lowest BCUT2D eigenvalue weighted by Gasteiger charge is -2.16. The van der Waals surface area contributed by atoms with Crippen molar-refractivity contribution in [2.45, 2.75) is 46.3 Å². The minimum absolute atomic E-state index is 0.0837. The van der Waals surface area contributed by atoms with Gasteiger partial charge < -0.3 is 15.4 Å². The van der Waals surface area contributed by atoms with Gasteiger partial charge in [-0.25, -0.2) is 4.99 Å². The minimum Gasteiger partial charge on any atom is -0.376 e. The molecule has 1 heterocycles. The average molecular weight is 423 g/mol. The molecule has 7 nitrogen and oxygen atoms in total. The molecule has 0 unspecified atom stereocenters. The second-order valence-corrected chi connectivity index (χ2v) is 7.76. The number of aliphatic imine (C=N–C) groups is 1. The second-order valence-electron chi connectivity index (χ2n) is 7.76. The van der Waals surface area contributed by atoms with Gasteiger partial charge in [0, 0.05) is 31.3 Å². The van der Waals surface area contributed by atoms with Crippen LogP contribution in [0.25, 0.3) is 0 Å². The maximum Gasteiger partial charge on any atom is 0.257 e. The van der Waals surface area contributed by atoms with Crippen molar-refractivity contribution in [3.63, 3.8) is 0 Å². The summed E-state index contributed by atoms with van der Waals surface area (Å²) < 4.78 is 5.66. The first-order chi connectivity index (χ1) is 14.9. The Morgan fingerprint density at radius 1 is 1.13 bits per heavy atom. The van der Waals surface area contributed by atoms with E-state index >= 15 is 0 Å². The zero-order valence-electron chi connectivity index (χ0n) is 18.3. The van der Waals surface area contributed by atoms with Crippen molar-refractivity contribution >= 4 is 23.5 Å². The van der Waals surface area contributed by atoms with Gasteiger partial charge in [0.1, 0.15) is 0 Å². The van der Waals surface area contributed by atoms with E-state index in [0.717, 1.165) is 41.8 Å². The number of ether oxygens (including phenoxy) is 1. The Balaban J connectivity index is 1.72. The van der Waals surface area contributed by atoms with E-state index in [9.17, 15) is 9.59 Å². The molecule has 31 heavy (non-hydrogen) atoms. The fourth-order valence-corrected chi connectivity index (χ4v) is 3.29. The molecule has 0 radical (unpaired) electrons. The third kappa shape index (κ3) is 6.65. The summed E-state index contributed by atoms with van der Waals surface area (Å²) in [4.78, 5) is 28.5. The van der Waals surface area contributed by atoms with Gasteiger partial charge in [-0.3, -0.25) is 14.9 Å². The molecule has 164 valence electrons. The van der Waals surface area contributed by atoms with E-state index in [0.29, 0.717) is 24.6 Å². The number of nitrogens with zero attached hydrogens (tertiary/aromatic N) is 1. The normalized spacial score (nSPS) is 16.1. The number of hydrogen-bond acceptors (Lipinski definition) is 4. The Morgan fingerprint density at radius 2 is 1.90 bits per heavy atom. The highest BCUT2D eigenvalue weighted by atomic mass is 16.5. The standard InChI is InChI=1S/C24H30N4O3/c1-16-6-4-8-22(17(16)2)27-24(26-15-21-7-5-13-31-21)28-23(30)20-11-9-19(10-12-20)14-25-18(3)29/h4,6,8-12,21H,5,7,13-15H2,1-3H3,(H,25,29)(H2,26,27,28,30)/t21-/m1/s1. The average Bonchev–Trinajstić information content (AvgIpc) is 3.27. The van der Waals surface area contributed by atoms with E-state index in [2.05, 4.69) is 20.9 Å². The molecular formula is C24H30N4O3. The number of carbonyl (C=O) groups excluding carboxylic acids is 2. The summed E-state index contributed by atoms with van der Waals surface area (Å²) in [5.41, 5.74) is 4.59. The molecule has 0 aromatic heterocycles. The molecule has 2 aromatic carbocycles. The molecular weight excluding hydrogens is 392 g/mol. The van der Waals surface area contributed by atoms with Crippen LogP contribution in [0.3, 0.4) is 0 Å². The van der Waals surface area contributed by atoms with E-state index in [1.54, 1.807) is 12.1 Å². The summed E-state index contributed by atoms with van der Waals surface area (Å²) in [7, 11) is 0. The lowest BCUT2D eigenvalue weighted by molar-refractivity contribution is -0.119. The second kappa shape index (κ2) is 10.7. The topological polar surface area (TPSA) is 91.8 Å². The summed E-state index contributed by atoms with van der Waals surface area (Å²) in [6.45, 7) is 7.23. The van der Waals surface area contributed by atoms with Crippen LogP contribution in [0.5, 0.6) is 0 Å². The zero-order valence-corrected chi connectivity index (χ0v) is 18.3. The minimum atomic E-state index is -0.255. The first kappa shape index (κ1) is 22.5. The molecule has 0 aliphatic carbocycles. The van der Waals surface area contributed by atoms with Crippen molar-refractivity contribution in [3.05, 3.63) is 64.7 Å². The van der Waals surface area contributed by atoms with Crippen molar-refractivity contribution in [2.24, 2.45) is 4.99 Å². The molecule has 1 aliphatic heterocycles. The lowest BCUT2D eigenvalue weighted by Crippen LogP contribution is -2.37. The monoisotopic (exact) mass is 422 g/mol. The Hall–Kier alpha value is -3.19. The number of hydrogen-bond donors (Lipinski definition) is 3. The van der Waals surface area contributed by atoms with E-state index in [-0.39, 0.29) is 17.9 Å². The molecule has 3 rings (SSSR count). The maximum absolute atomic E-state index is 12.8. The van der Waals surface area contributed by atoms with Crippen LogP contribution >= 0.6 is 0 Å². The Kier molecular flexibility index (Phi) is 7.78. The van der Waals surface area contributed by atoms with Gasteiger partial charge in [-0.15, -0.1) is 0 Å². The van der Waals surface area contributed by atoms with E-state index in [1.165, 1.54) is 6.92 Å². The van der Waals surface area contributed by atoms with E-state index < -0.39 is 0 Å². The molecule has 1 atom stereocenters. The van der Waals surface area contributed by atoms with Gasteiger partial charge in [-0.05, 0) is 61.6 Å². The Bertz CT molecular complexity index is 948. The number of rotatable bonds is 6. The molecule has 0 saturated carbocycles. The molecule has 1 fully saturated rings. The quantitative estimate of drug-likeness (QED) is 0.492. The number of guanidine groups is 1. The predicted octanol–water partition coefficient (Wildman–Crippen LogP) is 3.32. The van der Waals surface area contributed by atoms with Crippen molar-refractivity contribution in [2.75, 3.05) is 18.5 Å². The van der Waals surface area contributed by atoms with E-state index in [4.69, 9.17) is 4.74 Å². The predicted molar refractivity (Wildman–Crippen MR) is 122 cm³/mol. The van der Waals surface area contributed by atoms with Crippen LogP contribution < -0.4 is 16.0 Å². The largest absolute Gasteiger partial charge is 0.376 e. The Labute approximate surface area is 183 Å². The number of aryl methyl sites for hydroxylation is 1. The summed E-state index contributed by atoms with van der Waals surface area (Å²) in [5.74, 6) is 0.0536. The van der Waals surface area contributed by atoms with Gasteiger partial charge in [0.2, 0.25) is 11.9 Å². The van der Waals surface area contributed by atoms with Crippen molar-refractivity contribution in [1.82, 2.24) is 10.6 Å². The fraction of sp³-hybridized carbons (Fsp3) is 0.375. The van der Waals surface area contributed by atoms with Gasteiger partial charge in [-0.1, -0.05) is 24.3 Å². The number of nitrogens with one attached hydrogen (secondary N) is 3. The molecule has 1 aliphatic rings. The smallest absolute Gasteiger partial charge is 0.257 e. The molecule has 0 spiro atoms. The molecule has 1 saturated heterocycles. The van der Waals surface area contributed by atoms with Crippen LogP contribution in [0, 0.1) is 13.8 Å². The van der Waals surface area contributed by atoms with Crippen LogP contribution in [0.2, 0.25) is 0 Å². The van der Waals surface area contributed by atoms with Gasteiger partial charge in [0.15, 0.2) is 0 Å². The van der Waals surface area contributed by atoms with Gasteiger partial charge in [0.25, 0.3) is 5.91 Å². The zero-order chi connectivity index (χ0) is 22.2. The summed E-state index contributed by atoms with van der Waals surface area (Å²) in [6, 6.07) is 13.1. The summed E-state index contributed by atoms with van der Waals surface area (Å²) in [6.07, 6.45) is 2.10. The van der Waals surface area contributed by atoms with Gasteiger partial charge in [-0.2, -0.15) is 0 Å². The molecule has 2 aromatic rings. The Morgan fingerprint density at radius 3 is 2.58 bits per heavy atom. The third-order valence-electron chi connectivity index (χ3n) is 5.32. The highest BCUT2D eigenvalue weighted by Crippen LogP contribution is 2.18. The first-order valence-electron chi connectivity index (χ1n) is 10.6.